The van der Waals surface area contributed by atoms with Crippen LogP contribution in [0.5, 0.6) is 0 Å². The Bertz CT molecular complexity index is 1150. The summed E-state index contributed by atoms with van der Waals surface area (Å²) in [6.45, 7) is 3.40. The van der Waals surface area contributed by atoms with Gasteiger partial charge in [0.05, 0.1) is 33.0 Å². The summed E-state index contributed by atoms with van der Waals surface area (Å²) >= 11 is 0. The Morgan fingerprint density at radius 2 is 1.46 bits per heavy atom. The Balaban J connectivity index is 1.50. The summed E-state index contributed by atoms with van der Waals surface area (Å²) in [6.07, 6.45) is 0. The van der Waals surface area contributed by atoms with Crippen LogP contribution in [0.25, 0.3) is 0 Å². The molecule has 1 heterocycles. The molecule has 39 heavy (non-hydrogen) atoms. The molecule has 0 aliphatic carbocycles. The quantitative estimate of drug-likeness (QED) is 0.128. The second kappa shape index (κ2) is 16.8. The molecule has 12 nitrogen and oxygen atoms in total. The van der Waals surface area contributed by atoms with E-state index in [1.807, 2.05) is 12.1 Å². The molecular formula is C26H35FN8O4. The molecule has 0 unspecified atom stereocenters. The number of aromatic nitrogens is 3. The summed E-state index contributed by atoms with van der Waals surface area (Å²) < 4.78 is 24.6. The predicted molar refractivity (Wildman–Crippen MR) is 146 cm³/mol. The lowest BCUT2D eigenvalue weighted by Crippen LogP contribution is -2.27. The van der Waals surface area contributed by atoms with Gasteiger partial charge in [0.1, 0.15) is 5.82 Å². The number of aliphatic hydroxyl groups excluding tert-OH is 1. The molecule has 1 aromatic heterocycles. The van der Waals surface area contributed by atoms with Gasteiger partial charge in [-0.1, -0.05) is 30.3 Å². The fourth-order valence-electron chi connectivity index (χ4n) is 3.30. The van der Waals surface area contributed by atoms with Gasteiger partial charge in [-0.05, 0) is 23.8 Å². The zero-order chi connectivity index (χ0) is 27.7. The third kappa shape index (κ3) is 10.8. The van der Waals surface area contributed by atoms with E-state index in [0.717, 1.165) is 5.56 Å². The Morgan fingerprint density at radius 3 is 2.13 bits per heavy atom. The highest BCUT2D eigenvalue weighted by Crippen LogP contribution is 2.14. The minimum absolute atomic E-state index is 0.0937. The van der Waals surface area contributed by atoms with Crippen LogP contribution in [-0.2, 0) is 22.6 Å². The highest BCUT2D eigenvalue weighted by molar-refractivity contribution is 5.94. The molecule has 0 aliphatic heterocycles. The van der Waals surface area contributed by atoms with Crippen LogP contribution in [0.3, 0.4) is 0 Å². The van der Waals surface area contributed by atoms with Gasteiger partial charge in [0.15, 0.2) is 0 Å². The van der Waals surface area contributed by atoms with Gasteiger partial charge in [-0.2, -0.15) is 15.0 Å². The molecule has 0 fully saturated rings. The van der Waals surface area contributed by atoms with Crippen molar-refractivity contribution in [3.8, 4) is 0 Å². The van der Waals surface area contributed by atoms with Gasteiger partial charge in [-0.25, -0.2) is 4.39 Å². The van der Waals surface area contributed by atoms with Crippen LogP contribution in [0.4, 0.5) is 22.2 Å². The molecule has 0 spiro atoms. The number of hydrogen-bond donors (Lipinski definition) is 6. The lowest BCUT2D eigenvalue weighted by Gasteiger charge is -2.12. The normalized spacial score (nSPS) is 10.7. The fraction of sp³-hybridized carbons (Fsp3) is 0.385. The zero-order valence-corrected chi connectivity index (χ0v) is 21.7. The number of benzene rings is 2. The Morgan fingerprint density at radius 1 is 0.821 bits per heavy atom. The lowest BCUT2D eigenvalue weighted by molar-refractivity contribution is 0.0511. The van der Waals surface area contributed by atoms with Crippen LogP contribution in [0, 0.1) is 5.82 Å². The van der Waals surface area contributed by atoms with Crippen molar-refractivity contribution in [2.24, 2.45) is 5.73 Å². The van der Waals surface area contributed by atoms with Crippen LogP contribution in [-0.4, -0.2) is 78.6 Å². The van der Waals surface area contributed by atoms with Gasteiger partial charge in [0.25, 0.3) is 5.91 Å². The van der Waals surface area contributed by atoms with Crippen LogP contribution in [0.1, 0.15) is 21.5 Å². The molecule has 7 N–H and O–H groups in total. The van der Waals surface area contributed by atoms with Gasteiger partial charge in [-0.3, -0.25) is 4.79 Å². The van der Waals surface area contributed by atoms with E-state index in [2.05, 4.69) is 36.2 Å². The minimum Gasteiger partial charge on any atom is -0.395 e. The first-order chi connectivity index (χ1) is 19.1. The van der Waals surface area contributed by atoms with Crippen molar-refractivity contribution in [1.82, 2.24) is 20.3 Å². The van der Waals surface area contributed by atoms with E-state index in [1.165, 1.54) is 6.07 Å². The molecule has 0 saturated carbocycles. The van der Waals surface area contributed by atoms with Gasteiger partial charge < -0.3 is 41.6 Å². The number of halogens is 1. The van der Waals surface area contributed by atoms with E-state index < -0.39 is 0 Å². The molecule has 0 saturated heterocycles. The number of rotatable bonds is 18. The summed E-state index contributed by atoms with van der Waals surface area (Å²) in [5, 5.41) is 21.0. The Labute approximate surface area is 226 Å². The summed E-state index contributed by atoms with van der Waals surface area (Å²) in [5.74, 6) is 0.273. The van der Waals surface area contributed by atoms with Crippen molar-refractivity contribution in [2.75, 3.05) is 68.6 Å². The van der Waals surface area contributed by atoms with E-state index in [1.54, 1.807) is 30.3 Å². The van der Waals surface area contributed by atoms with Crippen molar-refractivity contribution in [2.45, 2.75) is 13.1 Å². The van der Waals surface area contributed by atoms with Crippen molar-refractivity contribution in [3.05, 3.63) is 71.0 Å². The van der Waals surface area contributed by atoms with Crippen molar-refractivity contribution >= 4 is 23.8 Å². The van der Waals surface area contributed by atoms with Crippen molar-refractivity contribution < 1.29 is 23.8 Å². The number of ether oxygens (including phenoxy) is 2. The lowest BCUT2D eigenvalue weighted by atomic mass is 10.1. The van der Waals surface area contributed by atoms with E-state index >= 15 is 0 Å². The molecule has 3 aromatic rings. The molecular weight excluding hydrogens is 507 g/mol. The smallest absolute Gasteiger partial charge is 0.251 e. The Hall–Kier alpha value is -3.91. The highest BCUT2D eigenvalue weighted by Gasteiger charge is 2.09. The first kappa shape index (κ1) is 29.6. The average molecular weight is 543 g/mol. The summed E-state index contributed by atoms with van der Waals surface area (Å²) in [7, 11) is 0. The average Bonchev–Trinajstić information content (AvgIpc) is 2.96. The van der Waals surface area contributed by atoms with Gasteiger partial charge >= 0.3 is 0 Å². The number of nitrogens with two attached hydrogens (primary N) is 1. The zero-order valence-electron chi connectivity index (χ0n) is 21.7. The summed E-state index contributed by atoms with van der Waals surface area (Å²) in [4.78, 5) is 25.3. The predicted octanol–water partition coefficient (Wildman–Crippen LogP) is 1.36. The SMILES string of the molecule is NCCOCCOCCNC(=O)c1ccc(CNc2nc(NCCO)nc(NCc3ccccc3F)n2)cc1. The van der Waals surface area contributed by atoms with Crippen LogP contribution >= 0.6 is 0 Å². The van der Waals surface area contributed by atoms with E-state index in [9.17, 15) is 9.18 Å². The van der Waals surface area contributed by atoms with Gasteiger partial charge in [0.2, 0.25) is 17.8 Å². The second-order valence-electron chi connectivity index (χ2n) is 8.22. The molecule has 0 radical (unpaired) electrons. The molecule has 0 aliphatic rings. The first-order valence-electron chi connectivity index (χ1n) is 12.6. The highest BCUT2D eigenvalue weighted by atomic mass is 19.1. The van der Waals surface area contributed by atoms with E-state index in [4.69, 9.17) is 20.3 Å². The minimum atomic E-state index is -0.328. The number of anilines is 3. The third-order valence-corrected chi connectivity index (χ3v) is 5.26. The van der Waals surface area contributed by atoms with Crippen LogP contribution < -0.4 is 27.0 Å². The Kier molecular flexibility index (Phi) is 12.8. The molecule has 2 aromatic carbocycles. The van der Waals surface area contributed by atoms with Crippen LogP contribution in [0.15, 0.2) is 48.5 Å². The van der Waals surface area contributed by atoms with E-state index in [0.29, 0.717) is 57.2 Å². The van der Waals surface area contributed by atoms with Crippen molar-refractivity contribution in [1.29, 1.82) is 0 Å². The molecule has 13 heteroatoms. The number of nitrogens with one attached hydrogen (secondary N) is 4. The number of aliphatic hydroxyl groups is 1. The number of amides is 1. The van der Waals surface area contributed by atoms with Crippen LogP contribution in [0.2, 0.25) is 0 Å². The maximum atomic E-state index is 14.0. The van der Waals surface area contributed by atoms with E-state index in [-0.39, 0.29) is 49.3 Å². The topological polar surface area (TPSA) is 169 Å². The van der Waals surface area contributed by atoms with Crippen molar-refractivity contribution in [3.63, 3.8) is 0 Å². The summed E-state index contributed by atoms with van der Waals surface area (Å²) in [6, 6.07) is 13.6. The monoisotopic (exact) mass is 542 g/mol. The van der Waals surface area contributed by atoms with Gasteiger partial charge in [0, 0.05) is 43.9 Å². The fourth-order valence-corrected chi connectivity index (χ4v) is 3.30. The standard InChI is InChI=1S/C26H35FN8O4/c27-22-4-2-1-3-21(22)18-32-26-34-24(30-10-12-36)33-25(35-26)31-17-19-5-7-20(8-6-19)23(37)29-11-14-39-16-15-38-13-9-28/h1-8,36H,9-18,28H2,(H,29,37)(H3,30,31,32,33,34,35). The molecule has 210 valence electrons. The third-order valence-electron chi connectivity index (χ3n) is 5.26. The number of carbonyl (C=O) groups excluding carboxylic acids is 1. The number of hydrogen-bond acceptors (Lipinski definition) is 11. The molecule has 0 atom stereocenters. The summed E-state index contributed by atoms with van der Waals surface area (Å²) in [5.41, 5.74) is 7.25. The second-order valence-corrected chi connectivity index (χ2v) is 8.22. The number of nitrogens with zero attached hydrogens (tertiary/aromatic N) is 3. The maximum Gasteiger partial charge on any atom is 0.251 e. The molecule has 0 bridgehead atoms. The molecule has 1 amide bonds. The maximum absolute atomic E-state index is 14.0. The number of carbonyl (C=O) groups is 1. The largest absolute Gasteiger partial charge is 0.395 e. The molecule has 3 rings (SSSR count). The first-order valence-corrected chi connectivity index (χ1v) is 12.6. The van der Waals surface area contributed by atoms with Gasteiger partial charge in [-0.15, -0.1) is 0 Å².